The van der Waals surface area contributed by atoms with Crippen LogP contribution in [0, 0.1) is 11.6 Å². The van der Waals surface area contributed by atoms with Gasteiger partial charge in [-0.2, -0.15) is 0 Å². The number of rotatable bonds is 5. The summed E-state index contributed by atoms with van der Waals surface area (Å²) in [6, 6.07) is 2.03. The number of carboxylic acid groups (broad SMARTS) is 1. The van der Waals surface area contributed by atoms with E-state index in [0.717, 1.165) is 12.1 Å². The van der Waals surface area contributed by atoms with Crippen molar-refractivity contribution < 1.29 is 23.5 Å². The number of amides is 2. The van der Waals surface area contributed by atoms with E-state index in [1.54, 1.807) is 6.92 Å². The standard InChI is InChI=1S/C12H14F2N2O3/c1-7(2-5-11(17)18)15-12(19)16-8-3-4-9(13)10(14)6-8/h3-4,6-7H,2,5H2,1H3,(H,17,18)(H2,15,16,19). The van der Waals surface area contributed by atoms with Crippen molar-refractivity contribution in [2.75, 3.05) is 5.32 Å². The van der Waals surface area contributed by atoms with Gasteiger partial charge in [0, 0.05) is 24.2 Å². The second-order valence-electron chi connectivity index (χ2n) is 4.06. The monoisotopic (exact) mass is 272 g/mol. The lowest BCUT2D eigenvalue weighted by atomic mass is 10.2. The zero-order valence-electron chi connectivity index (χ0n) is 10.2. The number of benzene rings is 1. The van der Waals surface area contributed by atoms with E-state index in [1.165, 1.54) is 6.07 Å². The summed E-state index contributed by atoms with van der Waals surface area (Å²) in [5.74, 6) is -3.01. The van der Waals surface area contributed by atoms with E-state index in [9.17, 15) is 18.4 Å². The molecule has 0 radical (unpaired) electrons. The number of nitrogens with one attached hydrogen (secondary N) is 2. The number of urea groups is 1. The third-order valence-electron chi connectivity index (χ3n) is 2.35. The van der Waals surface area contributed by atoms with Crippen LogP contribution in [0.15, 0.2) is 18.2 Å². The number of carbonyl (C=O) groups is 2. The summed E-state index contributed by atoms with van der Waals surface area (Å²) in [4.78, 5) is 21.8. The zero-order valence-corrected chi connectivity index (χ0v) is 10.2. The Labute approximate surface area is 108 Å². The molecule has 0 aliphatic carbocycles. The van der Waals surface area contributed by atoms with E-state index >= 15 is 0 Å². The average molecular weight is 272 g/mol. The lowest BCUT2D eigenvalue weighted by Crippen LogP contribution is -2.36. The maximum Gasteiger partial charge on any atom is 0.319 e. The maximum absolute atomic E-state index is 12.9. The highest BCUT2D eigenvalue weighted by atomic mass is 19.2. The molecule has 104 valence electrons. The second-order valence-corrected chi connectivity index (χ2v) is 4.06. The molecule has 3 N–H and O–H groups in total. The first-order chi connectivity index (χ1) is 8.88. The van der Waals surface area contributed by atoms with Crippen molar-refractivity contribution >= 4 is 17.7 Å². The van der Waals surface area contributed by atoms with Crippen LogP contribution in [0.1, 0.15) is 19.8 Å². The van der Waals surface area contributed by atoms with Crippen LogP contribution in [0.2, 0.25) is 0 Å². The quantitative estimate of drug-likeness (QED) is 0.769. The summed E-state index contributed by atoms with van der Waals surface area (Å²) in [6.07, 6.45) is 0.215. The van der Waals surface area contributed by atoms with Gasteiger partial charge in [-0.1, -0.05) is 0 Å². The summed E-state index contributed by atoms with van der Waals surface area (Å²) < 4.78 is 25.6. The van der Waals surface area contributed by atoms with Crippen molar-refractivity contribution in [2.24, 2.45) is 0 Å². The summed E-state index contributed by atoms with van der Waals surface area (Å²) >= 11 is 0. The number of carboxylic acids is 1. The molecule has 0 aliphatic rings. The summed E-state index contributed by atoms with van der Waals surface area (Å²) in [5, 5.41) is 13.3. The molecule has 19 heavy (non-hydrogen) atoms. The molecular formula is C12H14F2N2O3. The molecule has 0 spiro atoms. The van der Waals surface area contributed by atoms with Crippen molar-refractivity contribution in [1.82, 2.24) is 5.32 Å². The van der Waals surface area contributed by atoms with Gasteiger partial charge in [0.15, 0.2) is 11.6 Å². The molecule has 0 aromatic heterocycles. The molecule has 0 heterocycles. The summed E-state index contributed by atoms with van der Waals surface area (Å²) in [5.41, 5.74) is 0.113. The smallest absolute Gasteiger partial charge is 0.319 e. The third kappa shape index (κ3) is 5.33. The molecule has 1 aromatic rings. The van der Waals surface area contributed by atoms with Gasteiger partial charge in [0.1, 0.15) is 0 Å². The van der Waals surface area contributed by atoms with E-state index in [0.29, 0.717) is 0 Å². The van der Waals surface area contributed by atoms with Gasteiger partial charge < -0.3 is 15.7 Å². The average Bonchev–Trinajstić information content (AvgIpc) is 2.31. The van der Waals surface area contributed by atoms with Crippen molar-refractivity contribution in [3.63, 3.8) is 0 Å². The van der Waals surface area contributed by atoms with E-state index in [-0.39, 0.29) is 24.6 Å². The first-order valence-electron chi connectivity index (χ1n) is 5.63. The minimum absolute atomic E-state index is 0.0629. The van der Waals surface area contributed by atoms with Crippen LogP contribution in [0.25, 0.3) is 0 Å². The third-order valence-corrected chi connectivity index (χ3v) is 2.35. The van der Waals surface area contributed by atoms with E-state index in [1.807, 2.05) is 0 Å². The number of aliphatic carboxylic acids is 1. The molecule has 0 saturated carbocycles. The summed E-state index contributed by atoms with van der Waals surface area (Å²) in [6.45, 7) is 1.65. The molecule has 5 nitrogen and oxygen atoms in total. The van der Waals surface area contributed by atoms with Crippen LogP contribution in [-0.4, -0.2) is 23.1 Å². The van der Waals surface area contributed by atoms with E-state index in [4.69, 9.17) is 5.11 Å². The lowest BCUT2D eigenvalue weighted by Gasteiger charge is -2.13. The Hall–Kier alpha value is -2.18. The predicted octanol–water partition coefficient (Wildman–Crippen LogP) is 2.34. The Kier molecular flexibility index (Phi) is 5.23. The van der Waals surface area contributed by atoms with Gasteiger partial charge in [-0.3, -0.25) is 4.79 Å². The number of hydrogen-bond acceptors (Lipinski definition) is 2. The van der Waals surface area contributed by atoms with Crippen molar-refractivity contribution in [3.8, 4) is 0 Å². The second kappa shape index (κ2) is 6.67. The highest BCUT2D eigenvalue weighted by Gasteiger charge is 2.10. The van der Waals surface area contributed by atoms with Crippen LogP contribution in [0.3, 0.4) is 0 Å². The van der Waals surface area contributed by atoms with Gasteiger partial charge in [-0.15, -0.1) is 0 Å². The SMILES string of the molecule is CC(CCC(=O)O)NC(=O)Nc1ccc(F)c(F)c1. The largest absolute Gasteiger partial charge is 0.481 e. The molecular weight excluding hydrogens is 258 g/mol. The minimum atomic E-state index is -1.06. The molecule has 0 aliphatic heterocycles. The Morgan fingerprint density at radius 3 is 2.58 bits per heavy atom. The molecule has 0 fully saturated rings. The normalized spacial score (nSPS) is 11.7. The molecule has 1 unspecified atom stereocenters. The van der Waals surface area contributed by atoms with Gasteiger partial charge >= 0.3 is 12.0 Å². The molecule has 1 atom stereocenters. The molecule has 1 rings (SSSR count). The van der Waals surface area contributed by atoms with Gasteiger partial charge in [0.05, 0.1) is 0 Å². The Morgan fingerprint density at radius 1 is 1.32 bits per heavy atom. The fourth-order valence-corrected chi connectivity index (χ4v) is 1.38. The fourth-order valence-electron chi connectivity index (χ4n) is 1.38. The van der Waals surface area contributed by atoms with Crippen LogP contribution in [0.5, 0.6) is 0 Å². The van der Waals surface area contributed by atoms with Gasteiger partial charge in [-0.25, -0.2) is 13.6 Å². The highest BCUT2D eigenvalue weighted by molar-refractivity contribution is 5.89. The van der Waals surface area contributed by atoms with Crippen LogP contribution in [-0.2, 0) is 4.79 Å². The van der Waals surface area contributed by atoms with Gasteiger partial charge in [0.25, 0.3) is 0 Å². The summed E-state index contributed by atoms with van der Waals surface area (Å²) in [7, 11) is 0. The molecule has 1 aromatic carbocycles. The Bertz CT molecular complexity index is 480. The number of hydrogen-bond donors (Lipinski definition) is 3. The Balaban J connectivity index is 2.46. The van der Waals surface area contributed by atoms with Crippen molar-refractivity contribution in [1.29, 1.82) is 0 Å². The van der Waals surface area contributed by atoms with Crippen molar-refractivity contribution in [2.45, 2.75) is 25.8 Å². The molecule has 2 amide bonds. The number of anilines is 1. The topological polar surface area (TPSA) is 78.4 Å². The van der Waals surface area contributed by atoms with E-state index in [2.05, 4.69) is 10.6 Å². The molecule has 0 bridgehead atoms. The Morgan fingerprint density at radius 2 is 2.00 bits per heavy atom. The van der Waals surface area contributed by atoms with Gasteiger partial charge in [-0.05, 0) is 25.5 Å². The van der Waals surface area contributed by atoms with Crippen LogP contribution in [0.4, 0.5) is 19.3 Å². The highest BCUT2D eigenvalue weighted by Crippen LogP contribution is 2.12. The van der Waals surface area contributed by atoms with Gasteiger partial charge in [0.2, 0.25) is 0 Å². The first-order valence-corrected chi connectivity index (χ1v) is 5.63. The number of halogens is 2. The lowest BCUT2D eigenvalue weighted by molar-refractivity contribution is -0.137. The molecule has 7 heteroatoms. The zero-order chi connectivity index (χ0) is 14.4. The first kappa shape index (κ1) is 14.9. The fraction of sp³-hybridized carbons (Fsp3) is 0.333. The van der Waals surface area contributed by atoms with Crippen LogP contribution >= 0.6 is 0 Å². The number of carbonyl (C=O) groups excluding carboxylic acids is 1. The predicted molar refractivity (Wildman–Crippen MR) is 64.8 cm³/mol. The minimum Gasteiger partial charge on any atom is -0.481 e. The molecule has 0 saturated heterocycles. The van der Waals surface area contributed by atoms with E-state index < -0.39 is 23.6 Å². The van der Waals surface area contributed by atoms with Crippen molar-refractivity contribution in [3.05, 3.63) is 29.8 Å². The van der Waals surface area contributed by atoms with Crippen LogP contribution < -0.4 is 10.6 Å². The maximum atomic E-state index is 12.9.